The highest BCUT2D eigenvalue weighted by Crippen LogP contribution is 2.35. The number of benzene rings is 1. The van der Waals surface area contributed by atoms with Gasteiger partial charge in [-0.3, -0.25) is 0 Å². The van der Waals surface area contributed by atoms with Crippen LogP contribution in [0.5, 0.6) is 0 Å². The predicted molar refractivity (Wildman–Crippen MR) is 69.0 cm³/mol. The molecule has 0 bridgehead atoms. The summed E-state index contributed by atoms with van der Waals surface area (Å²) < 4.78 is 40.5. The maximum absolute atomic E-state index is 13.1. The van der Waals surface area contributed by atoms with Crippen LogP contribution in [-0.4, -0.2) is 26.2 Å². The first-order chi connectivity index (χ1) is 9.95. The number of nitrogens with zero attached hydrogens (tertiary/aromatic N) is 4. The van der Waals surface area contributed by atoms with Crippen molar-refractivity contribution >= 4 is 11.6 Å². The average molecular weight is 318 g/mol. The molecule has 2 aromatic rings. The van der Waals surface area contributed by atoms with Crippen LogP contribution in [0.3, 0.4) is 0 Å². The number of aromatic nitrogens is 4. The van der Waals surface area contributed by atoms with Crippen LogP contribution in [-0.2, 0) is 12.7 Å². The second-order valence-corrected chi connectivity index (χ2v) is 5.26. The van der Waals surface area contributed by atoms with Crippen LogP contribution in [0.15, 0.2) is 18.2 Å². The van der Waals surface area contributed by atoms with Crippen LogP contribution in [0, 0.1) is 0 Å². The maximum atomic E-state index is 13.1. The Labute approximate surface area is 123 Å². The zero-order valence-electron chi connectivity index (χ0n) is 10.7. The van der Waals surface area contributed by atoms with Crippen molar-refractivity contribution in [3.05, 3.63) is 34.6 Å². The third-order valence-electron chi connectivity index (χ3n) is 3.15. The number of halogens is 4. The van der Waals surface area contributed by atoms with Gasteiger partial charge in [0.1, 0.15) is 0 Å². The van der Waals surface area contributed by atoms with Crippen LogP contribution in [0.2, 0.25) is 5.02 Å². The molecule has 1 heterocycles. The van der Waals surface area contributed by atoms with Crippen molar-refractivity contribution in [1.29, 1.82) is 0 Å². The first kappa shape index (κ1) is 14.3. The summed E-state index contributed by atoms with van der Waals surface area (Å²) in [5, 5.41) is 14.1. The molecular formula is C12H11ClF3N5. The third-order valence-corrected chi connectivity index (χ3v) is 3.39. The molecule has 1 aromatic heterocycles. The predicted octanol–water partition coefficient (Wildman–Crippen LogP) is 2.59. The Morgan fingerprint density at radius 3 is 2.76 bits per heavy atom. The van der Waals surface area contributed by atoms with Crippen molar-refractivity contribution in [2.45, 2.75) is 31.6 Å². The summed E-state index contributed by atoms with van der Waals surface area (Å²) in [6.45, 7) is 0.317. The number of alkyl halides is 3. The Balaban J connectivity index is 1.98. The molecule has 0 unspecified atom stereocenters. The molecule has 1 saturated carbocycles. The molecule has 0 radical (unpaired) electrons. The molecule has 0 aliphatic heterocycles. The first-order valence-corrected chi connectivity index (χ1v) is 6.71. The van der Waals surface area contributed by atoms with Gasteiger partial charge in [0.15, 0.2) is 5.82 Å². The second-order valence-electron chi connectivity index (χ2n) is 4.82. The molecule has 1 aliphatic carbocycles. The minimum atomic E-state index is -4.53. The fourth-order valence-corrected chi connectivity index (χ4v) is 2.12. The fraction of sp³-hybridized carbons (Fsp3) is 0.417. The molecule has 9 heteroatoms. The van der Waals surface area contributed by atoms with Crippen LogP contribution in [0.25, 0.3) is 5.69 Å². The zero-order valence-corrected chi connectivity index (χ0v) is 11.5. The molecule has 0 amide bonds. The van der Waals surface area contributed by atoms with E-state index in [-0.39, 0.29) is 10.7 Å². The van der Waals surface area contributed by atoms with E-state index in [2.05, 4.69) is 20.8 Å². The van der Waals surface area contributed by atoms with Gasteiger partial charge in [-0.15, -0.1) is 5.10 Å². The van der Waals surface area contributed by atoms with E-state index in [1.807, 2.05) is 0 Å². The Hall–Kier alpha value is -1.67. The summed E-state index contributed by atoms with van der Waals surface area (Å²) in [5.41, 5.74) is -1.00. The molecular weight excluding hydrogens is 307 g/mol. The van der Waals surface area contributed by atoms with E-state index in [1.165, 1.54) is 12.1 Å². The minimum Gasteiger partial charge on any atom is -0.307 e. The molecule has 5 nitrogen and oxygen atoms in total. The molecule has 112 valence electrons. The van der Waals surface area contributed by atoms with E-state index in [0.717, 1.165) is 23.6 Å². The molecule has 0 saturated heterocycles. The van der Waals surface area contributed by atoms with E-state index in [0.29, 0.717) is 18.4 Å². The van der Waals surface area contributed by atoms with Gasteiger partial charge >= 0.3 is 6.18 Å². The highest BCUT2D eigenvalue weighted by Gasteiger charge is 2.35. The van der Waals surface area contributed by atoms with Gasteiger partial charge in [0, 0.05) is 11.1 Å². The summed E-state index contributed by atoms with van der Waals surface area (Å²) in [5.74, 6) is 0.328. The largest absolute Gasteiger partial charge is 0.418 e. The third kappa shape index (κ3) is 3.16. The van der Waals surface area contributed by atoms with Crippen LogP contribution in [0.4, 0.5) is 13.2 Å². The topological polar surface area (TPSA) is 55.6 Å². The number of rotatable bonds is 4. The van der Waals surface area contributed by atoms with E-state index < -0.39 is 11.7 Å². The van der Waals surface area contributed by atoms with Gasteiger partial charge < -0.3 is 5.32 Å². The minimum absolute atomic E-state index is 0.0109. The lowest BCUT2D eigenvalue weighted by Crippen LogP contribution is -2.20. The number of hydrogen-bond acceptors (Lipinski definition) is 4. The number of tetrazole rings is 1. The van der Waals surface area contributed by atoms with Crippen LogP contribution in [0.1, 0.15) is 24.2 Å². The summed E-state index contributed by atoms with van der Waals surface area (Å²) in [6.07, 6.45) is -2.40. The van der Waals surface area contributed by atoms with Gasteiger partial charge in [0.2, 0.25) is 0 Å². The fourth-order valence-electron chi connectivity index (χ4n) is 1.95. The van der Waals surface area contributed by atoms with Crippen molar-refractivity contribution in [1.82, 2.24) is 25.5 Å². The molecule has 0 atom stereocenters. The van der Waals surface area contributed by atoms with E-state index in [1.54, 1.807) is 0 Å². The Morgan fingerprint density at radius 1 is 1.33 bits per heavy atom. The van der Waals surface area contributed by atoms with Crippen molar-refractivity contribution in [2.75, 3.05) is 0 Å². The van der Waals surface area contributed by atoms with Gasteiger partial charge in [-0.1, -0.05) is 11.6 Å². The van der Waals surface area contributed by atoms with Crippen molar-refractivity contribution < 1.29 is 13.2 Å². The molecule has 21 heavy (non-hydrogen) atoms. The summed E-state index contributed by atoms with van der Waals surface area (Å²) in [7, 11) is 0. The zero-order chi connectivity index (χ0) is 15.0. The van der Waals surface area contributed by atoms with Gasteiger partial charge in [0.25, 0.3) is 0 Å². The lowest BCUT2D eigenvalue weighted by molar-refractivity contribution is -0.137. The van der Waals surface area contributed by atoms with E-state index in [9.17, 15) is 13.2 Å². The lowest BCUT2D eigenvalue weighted by atomic mass is 10.1. The SMILES string of the molecule is FC(F)(F)c1cc(Cl)ccc1-n1nnnc1CNC1CC1. The number of nitrogens with one attached hydrogen (secondary N) is 1. The van der Waals surface area contributed by atoms with Crippen molar-refractivity contribution in [3.8, 4) is 5.69 Å². The monoisotopic (exact) mass is 317 g/mol. The smallest absolute Gasteiger partial charge is 0.307 e. The van der Waals surface area contributed by atoms with Crippen molar-refractivity contribution in [3.63, 3.8) is 0 Å². The quantitative estimate of drug-likeness (QED) is 0.941. The lowest BCUT2D eigenvalue weighted by Gasteiger charge is -2.14. The molecule has 1 fully saturated rings. The summed E-state index contributed by atoms with van der Waals surface area (Å²) in [4.78, 5) is 0. The Morgan fingerprint density at radius 2 is 2.10 bits per heavy atom. The van der Waals surface area contributed by atoms with Crippen molar-refractivity contribution in [2.24, 2.45) is 0 Å². The summed E-state index contributed by atoms with van der Waals surface area (Å²) in [6, 6.07) is 3.92. The molecule has 0 spiro atoms. The van der Waals surface area contributed by atoms with E-state index >= 15 is 0 Å². The molecule has 1 aliphatic rings. The van der Waals surface area contributed by atoms with Gasteiger partial charge in [-0.05, 0) is 41.5 Å². The number of hydrogen-bond donors (Lipinski definition) is 1. The molecule has 3 rings (SSSR count). The average Bonchev–Trinajstić information content (AvgIpc) is 3.13. The highest BCUT2D eigenvalue weighted by molar-refractivity contribution is 6.30. The molecule has 1 N–H and O–H groups in total. The Kier molecular flexibility index (Phi) is 3.58. The van der Waals surface area contributed by atoms with Gasteiger partial charge in [0.05, 0.1) is 17.8 Å². The second kappa shape index (κ2) is 5.27. The van der Waals surface area contributed by atoms with Gasteiger partial charge in [-0.25, -0.2) is 0 Å². The first-order valence-electron chi connectivity index (χ1n) is 6.33. The van der Waals surface area contributed by atoms with Crippen LogP contribution >= 0.6 is 11.6 Å². The standard InChI is InChI=1S/C12H11ClF3N5/c13-7-1-4-10(9(5-7)12(14,15)16)21-11(18-19-20-21)6-17-8-2-3-8/h1,4-5,8,17H,2-3,6H2. The molecule has 1 aromatic carbocycles. The van der Waals surface area contributed by atoms with Crippen LogP contribution < -0.4 is 5.32 Å². The normalized spacial score (nSPS) is 15.4. The highest BCUT2D eigenvalue weighted by atomic mass is 35.5. The van der Waals surface area contributed by atoms with Gasteiger partial charge in [-0.2, -0.15) is 17.9 Å². The Bertz CT molecular complexity index is 651. The van der Waals surface area contributed by atoms with E-state index in [4.69, 9.17) is 11.6 Å². The summed E-state index contributed by atoms with van der Waals surface area (Å²) >= 11 is 5.66. The maximum Gasteiger partial charge on any atom is 0.418 e.